The third kappa shape index (κ3) is 4.82. The normalized spacial score (nSPS) is 13.1. The van der Waals surface area contributed by atoms with Crippen molar-refractivity contribution in [2.75, 3.05) is 23.3 Å². The number of benzene rings is 3. The summed E-state index contributed by atoms with van der Waals surface area (Å²) in [5.74, 6) is 0.196. The zero-order valence-electron chi connectivity index (χ0n) is 18.7. The minimum absolute atomic E-state index is 0.0861. The molecule has 35 heavy (non-hydrogen) atoms. The smallest absolute Gasteiger partial charge is 0.293 e. The summed E-state index contributed by atoms with van der Waals surface area (Å²) in [6, 6.07) is 19.7. The van der Waals surface area contributed by atoms with E-state index in [1.54, 1.807) is 12.1 Å². The monoisotopic (exact) mass is 486 g/mol. The summed E-state index contributed by atoms with van der Waals surface area (Å²) in [6.07, 6.45) is 1.99. The largest absolute Gasteiger partial charge is 0.366 e. The lowest BCUT2D eigenvalue weighted by atomic mass is 10.1. The second-order valence-electron chi connectivity index (χ2n) is 8.25. The molecule has 0 aliphatic carbocycles. The molecule has 4 aromatic rings. The van der Waals surface area contributed by atoms with E-state index in [1.165, 1.54) is 6.07 Å². The molecule has 3 aromatic carbocycles. The quantitative estimate of drug-likeness (QED) is 0.209. The fourth-order valence-electron chi connectivity index (χ4n) is 4.21. The number of anilines is 2. The summed E-state index contributed by atoms with van der Waals surface area (Å²) in [5.41, 5.74) is 3.95. The summed E-state index contributed by atoms with van der Waals surface area (Å²) in [6.45, 7) is 1.54. The first-order valence-electron chi connectivity index (χ1n) is 11.2. The van der Waals surface area contributed by atoms with E-state index in [9.17, 15) is 14.9 Å². The van der Waals surface area contributed by atoms with Crippen LogP contribution in [-0.4, -0.2) is 39.0 Å². The van der Waals surface area contributed by atoms with Crippen molar-refractivity contribution < 1.29 is 9.72 Å². The molecule has 5 rings (SSSR count). The Labute approximate surface area is 206 Å². The number of hydrogen-bond acceptors (Lipinski definition) is 6. The van der Waals surface area contributed by atoms with E-state index in [4.69, 9.17) is 12.2 Å². The fraction of sp³-hybridized carbons (Fsp3) is 0.160. The van der Waals surface area contributed by atoms with Crippen molar-refractivity contribution in [1.29, 1.82) is 0 Å². The van der Waals surface area contributed by atoms with E-state index >= 15 is 0 Å². The molecule has 1 saturated heterocycles. The van der Waals surface area contributed by atoms with Crippen LogP contribution < -0.4 is 15.5 Å². The number of carbonyl (C=O) groups excluding carboxylic acids is 1. The van der Waals surface area contributed by atoms with Gasteiger partial charge in [0.05, 0.1) is 16.0 Å². The Kier molecular flexibility index (Phi) is 6.11. The topological polar surface area (TPSA) is 116 Å². The molecule has 0 spiro atoms. The van der Waals surface area contributed by atoms with Crippen LogP contribution in [0.1, 0.15) is 23.2 Å². The summed E-state index contributed by atoms with van der Waals surface area (Å²) >= 11 is 5.31. The average molecular weight is 487 g/mol. The SMILES string of the molecule is O=C(NC(=S)Nc1cccc(-c2nc3ccccc3[nH]2)c1)c1ccc(N2CCCC2)c([N+](=O)[O-])c1. The number of aromatic nitrogens is 2. The van der Waals surface area contributed by atoms with Crippen LogP contribution in [0, 0.1) is 10.1 Å². The van der Waals surface area contributed by atoms with Gasteiger partial charge in [0.1, 0.15) is 11.5 Å². The van der Waals surface area contributed by atoms with Crippen LogP contribution in [0.15, 0.2) is 66.7 Å². The molecule has 1 aliphatic heterocycles. The highest BCUT2D eigenvalue weighted by molar-refractivity contribution is 7.80. The number of amides is 1. The molecule has 1 amide bonds. The van der Waals surface area contributed by atoms with Crippen LogP contribution in [0.3, 0.4) is 0 Å². The van der Waals surface area contributed by atoms with Gasteiger partial charge in [-0.1, -0.05) is 24.3 Å². The number of aromatic amines is 1. The minimum Gasteiger partial charge on any atom is -0.366 e. The molecule has 0 unspecified atom stereocenters. The van der Waals surface area contributed by atoms with Crippen LogP contribution in [0.5, 0.6) is 0 Å². The molecule has 10 heteroatoms. The first-order chi connectivity index (χ1) is 17.0. The molecule has 3 N–H and O–H groups in total. The second kappa shape index (κ2) is 9.51. The second-order valence-corrected chi connectivity index (χ2v) is 8.65. The molecule has 1 aromatic heterocycles. The highest BCUT2D eigenvalue weighted by atomic mass is 32.1. The van der Waals surface area contributed by atoms with Gasteiger partial charge in [0.25, 0.3) is 11.6 Å². The van der Waals surface area contributed by atoms with Gasteiger partial charge in [0, 0.05) is 36.0 Å². The van der Waals surface area contributed by atoms with Crippen LogP contribution in [-0.2, 0) is 0 Å². The van der Waals surface area contributed by atoms with Gasteiger partial charge < -0.3 is 15.2 Å². The van der Waals surface area contributed by atoms with Gasteiger partial charge in [-0.15, -0.1) is 0 Å². The summed E-state index contributed by atoms with van der Waals surface area (Å²) in [4.78, 5) is 33.8. The summed E-state index contributed by atoms with van der Waals surface area (Å²) in [5, 5.41) is 17.3. The van der Waals surface area contributed by atoms with Crippen LogP contribution >= 0.6 is 12.2 Å². The standard InChI is InChI=1S/C25H22N6O3S/c32-24(17-10-11-21(22(15-17)31(33)34)30-12-3-4-13-30)29-25(35)26-18-7-5-6-16(14-18)23-27-19-8-1-2-9-20(19)28-23/h1-2,5-11,14-15H,3-4,12-13H2,(H,27,28)(H2,26,29,32,35). The molecule has 1 aliphatic rings. The number of nitro benzene ring substituents is 1. The number of rotatable bonds is 5. The lowest BCUT2D eigenvalue weighted by Gasteiger charge is -2.18. The lowest BCUT2D eigenvalue weighted by Crippen LogP contribution is -2.34. The molecule has 0 radical (unpaired) electrons. The maximum Gasteiger partial charge on any atom is 0.293 e. The van der Waals surface area contributed by atoms with E-state index in [0.717, 1.165) is 48.4 Å². The molecule has 9 nitrogen and oxygen atoms in total. The molecule has 0 saturated carbocycles. The Balaban J connectivity index is 1.29. The number of nitrogens with zero attached hydrogens (tertiary/aromatic N) is 3. The summed E-state index contributed by atoms with van der Waals surface area (Å²) in [7, 11) is 0. The molecule has 176 valence electrons. The predicted molar refractivity (Wildman–Crippen MR) is 140 cm³/mol. The zero-order valence-corrected chi connectivity index (χ0v) is 19.5. The maximum absolute atomic E-state index is 12.8. The third-order valence-electron chi connectivity index (χ3n) is 5.89. The van der Waals surface area contributed by atoms with Crippen molar-refractivity contribution in [3.63, 3.8) is 0 Å². The Bertz CT molecular complexity index is 1410. The predicted octanol–water partition coefficient (Wildman–Crippen LogP) is 4.87. The third-order valence-corrected chi connectivity index (χ3v) is 6.10. The molecule has 1 fully saturated rings. The number of H-pyrrole nitrogens is 1. The van der Waals surface area contributed by atoms with Crippen molar-refractivity contribution in [3.05, 3.63) is 82.4 Å². The Morgan fingerprint density at radius 1 is 1.06 bits per heavy atom. The van der Waals surface area contributed by atoms with Crippen molar-refractivity contribution in [2.45, 2.75) is 12.8 Å². The number of nitrogens with one attached hydrogen (secondary N) is 3. The lowest BCUT2D eigenvalue weighted by molar-refractivity contribution is -0.384. The molecule has 2 heterocycles. The van der Waals surface area contributed by atoms with E-state index < -0.39 is 10.8 Å². The van der Waals surface area contributed by atoms with Crippen molar-refractivity contribution in [3.8, 4) is 11.4 Å². The van der Waals surface area contributed by atoms with E-state index in [1.807, 2.05) is 53.4 Å². The Morgan fingerprint density at radius 3 is 2.63 bits per heavy atom. The van der Waals surface area contributed by atoms with E-state index in [2.05, 4.69) is 20.6 Å². The first-order valence-corrected chi connectivity index (χ1v) is 11.6. The summed E-state index contributed by atoms with van der Waals surface area (Å²) < 4.78 is 0. The molecular formula is C25H22N6O3S. The van der Waals surface area contributed by atoms with Gasteiger partial charge in [-0.3, -0.25) is 20.2 Å². The Hall–Kier alpha value is -4.31. The van der Waals surface area contributed by atoms with Gasteiger partial charge in [0.2, 0.25) is 0 Å². The number of nitro groups is 1. The fourth-order valence-corrected chi connectivity index (χ4v) is 4.42. The van der Waals surface area contributed by atoms with Crippen LogP contribution in [0.2, 0.25) is 0 Å². The van der Waals surface area contributed by atoms with Crippen LogP contribution in [0.4, 0.5) is 17.1 Å². The van der Waals surface area contributed by atoms with Crippen molar-refractivity contribution >= 4 is 51.3 Å². The molecule has 0 bridgehead atoms. The van der Waals surface area contributed by atoms with Crippen molar-refractivity contribution in [1.82, 2.24) is 15.3 Å². The average Bonchev–Trinajstić information content (AvgIpc) is 3.54. The van der Waals surface area contributed by atoms with Crippen molar-refractivity contribution in [2.24, 2.45) is 0 Å². The number of fused-ring (bicyclic) bond motifs is 1. The van der Waals surface area contributed by atoms with E-state index in [-0.39, 0.29) is 16.4 Å². The number of carbonyl (C=O) groups is 1. The minimum atomic E-state index is -0.521. The van der Waals surface area contributed by atoms with Gasteiger partial charge in [-0.2, -0.15) is 0 Å². The maximum atomic E-state index is 12.8. The van der Waals surface area contributed by atoms with Gasteiger partial charge >= 0.3 is 0 Å². The number of thiocarbonyl (C=S) groups is 1. The Morgan fingerprint density at radius 2 is 1.86 bits per heavy atom. The van der Waals surface area contributed by atoms with Gasteiger partial charge in [0.15, 0.2) is 5.11 Å². The first kappa shape index (κ1) is 22.5. The number of hydrogen-bond donors (Lipinski definition) is 3. The zero-order chi connectivity index (χ0) is 24.4. The van der Waals surface area contributed by atoms with Crippen LogP contribution in [0.25, 0.3) is 22.4 Å². The number of para-hydroxylation sites is 2. The van der Waals surface area contributed by atoms with Gasteiger partial charge in [-0.25, -0.2) is 4.98 Å². The highest BCUT2D eigenvalue weighted by Gasteiger charge is 2.24. The van der Waals surface area contributed by atoms with E-state index in [0.29, 0.717) is 11.4 Å². The molecule has 0 atom stereocenters. The molecular weight excluding hydrogens is 464 g/mol. The number of imidazole rings is 1. The highest BCUT2D eigenvalue weighted by Crippen LogP contribution is 2.31. The van der Waals surface area contributed by atoms with Gasteiger partial charge in [-0.05, 0) is 61.5 Å².